The topological polar surface area (TPSA) is 52.6 Å². The van der Waals surface area contributed by atoms with Crippen LogP contribution in [0.25, 0.3) is 0 Å². The van der Waals surface area contributed by atoms with Gasteiger partial charge in [-0.25, -0.2) is 0 Å². The van der Waals surface area contributed by atoms with Crippen molar-refractivity contribution in [2.24, 2.45) is 5.92 Å². The van der Waals surface area contributed by atoms with E-state index < -0.39 is 5.97 Å². The summed E-state index contributed by atoms with van der Waals surface area (Å²) in [5.74, 6) is -0.453. The van der Waals surface area contributed by atoms with Crippen LogP contribution in [-0.4, -0.2) is 18.0 Å². The summed E-state index contributed by atoms with van der Waals surface area (Å²) in [4.78, 5) is 23.6. The molecule has 0 amide bonds. The molecule has 0 heterocycles. The third kappa shape index (κ3) is 7.64. The highest BCUT2D eigenvalue weighted by Crippen LogP contribution is 2.17. The van der Waals surface area contributed by atoms with Crippen molar-refractivity contribution in [1.82, 2.24) is 0 Å². The molecular weight excluding hydrogens is 360 g/mol. The van der Waals surface area contributed by atoms with Gasteiger partial charge in [-0.05, 0) is 18.4 Å². The molecule has 0 spiro atoms. The molecule has 5 heteroatoms. The summed E-state index contributed by atoms with van der Waals surface area (Å²) in [7, 11) is 0. The molecule has 1 aromatic rings. The Morgan fingerprint density at radius 3 is 2.39 bits per heavy atom. The summed E-state index contributed by atoms with van der Waals surface area (Å²) >= 11 is 3.40. The standard InChI is InChI=1S/C18H25BrO4/c1-4-7-16(13(2)3)23-18(21)11-10-17(20)22-12-14-8-5-6-9-15(14)19/h5-6,8-9,13,16H,4,7,10-12H2,1-3H3. The van der Waals surface area contributed by atoms with Crippen LogP contribution >= 0.6 is 15.9 Å². The molecule has 0 fully saturated rings. The molecule has 0 aliphatic rings. The largest absolute Gasteiger partial charge is 0.462 e. The van der Waals surface area contributed by atoms with Crippen LogP contribution in [0.5, 0.6) is 0 Å². The van der Waals surface area contributed by atoms with Crippen molar-refractivity contribution in [2.75, 3.05) is 0 Å². The number of benzene rings is 1. The molecule has 23 heavy (non-hydrogen) atoms. The fourth-order valence-corrected chi connectivity index (χ4v) is 2.49. The molecule has 1 unspecified atom stereocenters. The Bertz CT molecular complexity index is 513. The highest BCUT2D eigenvalue weighted by Gasteiger charge is 2.18. The number of esters is 2. The number of hydrogen-bond acceptors (Lipinski definition) is 4. The summed E-state index contributed by atoms with van der Waals surface area (Å²) in [5, 5.41) is 0. The van der Waals surface area contributed by atoms with Crippen molar-refractivity contribution in [3.63, 3.8) is 0 Å². The van der Waals surface area contributed by atoms with E-state index in [4.69, 9.17) is 9.47 Å². The molecule has 0 radical (unpaired) electrons. The van der Waals surface area contributed by atoms with E-state index in [1.165, 1.54) is 0 Å². The zero-order chi connectivity index (χ0) is 17.2. The first-order valence-corrected chi connectivity index (χ1v) is 8.81. The van der Waals surface area contributed by atoms with Gasteiger partial charge in [0.1, 0.15) is 12.7 Å². The maximum absolute atomic E-state index is 11.8. The van der Waals surface area contributed by atoms with Gasteiger partial charge in [0.15, 0.2) is 0 Å². The van der Waals surface area contributed by atoms with E-state index in [1.807, 2.05) is 38.1 Å². The van der Waals surface area contributed by atoms with Crippen LogP contribution in [0.3, 0.4) is 0 Å². The summed E-state index contributed by atoms with van der Waals surface area (Å²) in [6.07, 6.45) is 1.82. The number of carbonyl (C=O) groups is 2. The normalized spacial score (nSPS) is 12.0. The van der Waals surface area contributed by atoms with Gasteiger partial charge in [-0.3, -0.25) is 9.59 Å². The number of rotatable bonds is 9. The van der Waals surface area contributed by atoms with E-state index in [2.05, 4.69) is 22.9 Å². The van der Waals surface area contributed by atoms with Crippen molar-refractivity contribution in [2.45, 2.75) is 59.2 Å². The smallest absolute Gasteiger partial charge is 0.306 e. The Morgan fingerprint density at radius 1 is 1.13 bits per heavy atom. The van der Waals surface area contributed by atoms with Gasteiger partial charge in [0.2, 0.25) is 0 Å². The van der Waals surface area contributed by atoms with Gasteiger partial charge >= 0.3 is 11.9 Å². The lowest BCUT2D eigenvalue weighted by atomic mass is 10.0. The maximum atomic E-state index is 11.8. The lowest BCUT2D eigenvalue weighted by Crippen LogP contribution is -2.24. The quantitative estimate of drug-likeness (QED) is 0.581. The van der Waals surface area contributed by atoms with Gasteiger partial charge in [0, 0.05) is 10.0 Å². The highest BCUT2D eigenvalue weighted by molar-refractivity contribution is 9.10. The summed E-state index contributed by atoms with van der Waals surface area (Å²) < 4.78 is 11.5. The molecule has 4 nitrogen and oxygen atoms in total. The van der Waals surface area contributed by atoms with Crippen LogP contribution in [0, 0.1) is 5.92 Å². The third-order valence-corrected chi connectivity index (χ3v) is 4.25. The van der Waals surface area contributed by atoms with E-state index in [0.717, 1.165) is 22.9 Å². The second-order valence-electron chi connectivity index (χ2n) is 5.81. The van der Waals surface area contributed by atoms with Crippen molar-refractivity contribution < 1.29 is 19.1 Å². The molecule has 0 bridgehead atoms. The second kappa shape index (κ2) is 10.4. The average molecular weight is 385 g/mol. The van der Waals surface area contributed by atoms with Crippen molar-refractivity contribution in [1.29, 1.82) is 0 Å². The third-order valence-electron chi connectivity index (χ3n) is 3.48. The van der Waals surface area contributed by atoms with Crippen LogP contribution in [0.1, 0.15) is 52.0 Å². The van der Waals surface area contributed by atoms with Crippen LogP contribution < -0.4 is 0 Å². The van der Waals surface area contributed by atoms with E-state index >= 15 is 0 Å². The minimum atomic E-state index is -0.394. The van der Waals surface area contributed by atoms with Gasteiger partial charge in [-0.1, -0.05) is 61.3 Å². The zero-order valence-electron chi connectivity index (χ0n) is 14.0. The molecule has 1 atom stereocenters. The van der Waals surface area contributed by atoms with Gasteiger partial charge in [0.05, 0.1) is 12.8 Å². The van der Waals surface area contributed by atoms with Crippen LogP contribution in [0.15, 0.2) is 28.7 Å². The van der Waals surface area contributed by atoms with Crippen molar-refractivity contribution in [3.8, 4) is 0 Å². The first kappa shape index (κ1) is 19.7. The van der Waals surface area contributed by atoms with E-state index in [0.29, 0.717) is 0 Å². The minimum Gasteiger partial charge on any atom is -0.462 e. The number of carbonyl (C=O) groups excluding carboxylic acids is 2. The molecular formula is C18H25BrO4. The Hall–Kier alpha value is -1.36. The molecule has 128 valence electrons. The first-order chi connectivity index (χ1) is 10.9. The van der Waals surface area contributed by atoms with Gasteiger partial charge in [-0.2, -0.15) is 0 Å². The molecule has 1 rings (SSSR count). The molecule has 0 N–H and O–H groups in total. The first-order valence-electron chi connectivity index (χ1n) is 8.02. The monoisotopic (exact) mass is 384 g/mol. The minimum absolute atomic E-state index is 0.0419. The zero-order valence-corrected chi connectivity index (χ0v) is 15.6. The fraction of sp³-hybridized carbons (Fsp3) is 0.556. The van der Waals surface area contributed by atoms with Crippen LogP contribution in [0.2, 0.25) is 0 Å². The van der Waals surface area contributed by atoms with Crippen LogP contribution in [-0.2, 0) is 25.7 Å². The van der Waals surface area contributed by atoms with E-state index in [1.54, 1.807) is 0 Å². The fourth-order valence-electron chi connectivity index (χ4n) is 2.09. The van der Waals surface area contributed by atoms with E-state index in [9.17, 15) is 9.59 Å². The average Bonchev–Trinajstić information content (AvgIpc) is 2.51. The molecule has 0 aliphatic heterocycles. The van der Waals surface area contributed by atoms with E-state index in [-0.39, 0.29) is 37.4 Å². The Kier molecular flexibility index (Phi) is 8.92. The lowest BCUT2D eigenvalue weighted by Gasteiger charge is -2.20. The maximum Gasteiger partial charge on any atom is 0.306 e. The van der Waals surface area contributed by atoms with Gasteiger partial charge in [-0.15, -0.1) is 0 Å². The van der Waals surface area contributed by atoms with Crippen molar-refractivity contribution in [3.05, 3.63) is 34.3 Å². The van der Waals surface area contributed by atoms with Crippen molar-refractivity contribution >= 4 is 27.9 Å². The van der Waals surface area contributed by atoms with Gasteiger partial charge < -0.3 is 9.47 Å². The predicted octanol–water partition coefficient (Wildman–Crippen LogP) is 4.64. The summed E-state index contributed by atoms with van der Waals surface area (Å²) in [6, 6.07) is 7.54. The number of hydrogen-bond donors (Lipinski definition) is 0. The molecule has 0 saturated carbocycles. The second-order valence-corrected chi connectivity index (χ2v) is 6.67. The predicted molar refractivity (Wildman–Crippen MR) is 92.8 cm³/mol. The van der Waals surface area contributed by atoms with Gasteiger partial charge in [0.25, 0.3) is 0 Å². The summed E-state index contributed by atoms with van der Waals surface area (Å²) in [6.45, 7) is 6.31. The summed E-state index contributed by atoms with van der Waals surface area (Å²) in [5.41, 5.74) is 0.895. The SMILES string of the molecule is CCCC(OC(=O)CCC(=O)OCc1ccccc1Br)C(C)C. The molecule has 0 saturated heterocycles. The Morgan fingerprint density at radius 2 is 1.78 bits per heavy atom. The lowest BCUT2D eigenvalue weighted by molar-refractivity contribution is -0.156. The highest BCUT2D eigenvalue weighted by atomic mass is 79.9. The molecule has 0 aliphatic carbocycles. The Balaban J connectivity index is 2.32. The molecule has 1 aromatic carbocycles. The molecule has 0 aromatic heterocycles. The Labute approximate surface area is 146 Å². The number of ether oxygens (including phenoxy) is 2. The number of halogens is 1. The van der Waals surface area contributed by atoms with Crippen LogP contribution in [0.4, 0.5) is 0 Å².